The van der Waals surface area contributed by atoms with E-state index in [1.165, 1.54) is 0 Å². The lowest BCUT2D eigenvalue weighted by molar-refractivity contribution is -0.119. The number of H-pyrrole nitrogens is 1. The van der Waals surface area contributed by atoms with Crippen molar-refractivity contribution in [2.24, 2.45) is 0 Å². The number of rotatable bonds is 6. The smallest absolute Gasteiger partial charge is 0.248 e. The van der Waals surface area contributed by atoms with E-state index in [0.29, 0.717) is 16.4 Å². The molecule has 32 heavy (non-hydrogen) atoms. The highest BCUT2D eigenvalue weighted by molar-refractivity contribution is 6.34. The molecular formula is C24H24ClN5O2. The van der Waals surface area contributed by atoms with E-state index in [-0.39, 0.29) is 18.2 Å². The normalized spacial score (nSPS) is 12.0. The Kier molecular flexibility index (Phi) is 6.01. The molecule has 0 bridgehead atoms. The molecule has 0 saturated heterocycles. The molecule has 4 aromatic rings. The molecule has 0 aliphatic carbocycles. The predicted octanol–water partition coefficient (Wildman–Crippen LogP) is 5.02. The van der Waals surface area contributed by atoms with E-state index in [9.17, 15) is 9.59 Å². The molecule has 2 aromatic heterocycles. The summed E-state index contributed by atoms with van der Waals surface area (Å²) < 4.78 is 1.68. The molecule has 0 fully saturated rings. The highest BCUT2D eigenvalue weighted by atomic mass is 35.5. The van der Waals surface area contributed by atoms with Crippen molar-refractivity contribution in [1.82, 2.24) is 14.8 Å². The SMILES string of the molecule is Cc1cc(C)n(C(C)C(=O)Nc2ccc(NC(=O)Cc3c[nH]c4ccccc34)cc2Cl)n1. The number of fused-ring (bicyclic) bond motifs is 1. The van der Waals surface area contributed by atoms with Gasteiger partial charge in [-0.3, -0.25) is 14.3 Å². The molecule has 0 aliphatic heterocycles. The van der Waals surface area contributed by atoms with E-state index in [0.717, 1.165) is 27.9 Å². The Morgan fingerprint density at radius 1 is 1.12 bits per heavy atom. The Bertz CT molecular complexity index is 1310. The molecule has 1 unspecified atom stereocenters. The number of carbonyl (C=O) groups excluding carboxylic acids is 2. The van der Waals surface area contributed by atoms with Gasteiger partial charge < -0.3 is 15.6 Å². The number of halogens is 1. The first-order chi connectivity index (χ1) is 15.3. The van der Waals surface area contributed by atoms with Crippen molar-refractivity contribution in [3.63, 3.8) is 0 Å². The summed E-state index contributed by atoms with van der Waals surface area (Å²) in [5.74, 6) is -0.380. The molecule has 2 heterocycles. The van der Waals surface area contributed by atoms with Crippen LogP contribution in [-0.4, -0.2) is 26.6 Å². The molecule has 8 heteroatoms. The van der Waals surface area contributed by atoms with Crippen molar-refractivity contribution in [1.29, 1.82) is 0 Å². The monoisotopic (exact) mass is 449 g/mol. The number of amides is 2. The summed E-state index contributed by atoms with van der Waals surface area (Å²) in [6.45, 7) is 5.57. The average Bonchev–Trinajstić information content (AvgIpc) is 3.31. The van der Waals surface area contributed by atoms with Gasteiger partial charge in [0.15, 0.2) is 0 Å². The standard InChI is InChI=1S/C24H24ClN5O2/c1-14-10-15(2)30(29-14)16(3)24(32)28-22-9-8-18(12-20(22)25)27-23(31)11-17-13-26-21-7-5-4-6-19(17)21/h4-10,12-13,16,26H,11H2,1-3H3,(H,27,31)(H,28,32). The zero-order valence-corrected chi connectivity index (χ0v) is 18.8. The molecule has 7 nitrogen and oxygen atoms in total. The number of para-hydroxylation sites is 1. The van der Waals surface area contributed by atoms with Crippen molar-refractivity contribution >= 4 is 45.7 Å². The molecule has 2 amide bonds. The second-order valence-electron chi connectivity index (χ2n) is 7.82. The van der Waals surface area contributed by atoms with E-state index in [2.05, 4.69) is 20.7 Å². The lowest BCUT2D eigenvalue weighted by atomic mass is 10.1. The maximum absolute atomic E-state index is 12.7. The fourth-order valence-corrected chi connectivity index (χ4v) is 3.96. The van der Waals surface area contributed by atoms with E-state index >= 15 is 0 Å². The Morgan fingerprint density at radius 3 is 2.62 bits per heavy atom. The van der Waals surface area contributed by atoms with E-state index in [1.807, 2.05) is 50.4 Å². The Morgan fingerprint density at radius 2 is 1.91 bits per heavy atom. The summed E-state index contributed by atoms with van der Waals surface area (Å²) in [5.41, 5.74) is 4.71. The molecule has 0 saturated carbocycles. The Balaban J connectivity index is 1.41. The van der Waals surface area contributed by atoms with Gasteiger partial charge in [0.05, 0.1) is 22.8 Å². The van der Waals surface area contributed by atoms with Gasteiger partial charge in [0.1, 0.15) is 6.04 Å². The molecule has 0 aliphatic rings. The fraction of sp³-hybridized carbons (Fsp3) is 0.208. The summed E-state index contributed by atoms with van der Waals surface area (Å²) in [5, 5.41) is 11.4. The number of benzene rings is 2. The van der Waals surface area contributed by atoms with Crippen LogP contribution < -0.4 is 10.6 Å². The van der Waals surface area contributed by atoms with Crippen LogP contribution >= 0.6 is 11.6 Å². The lowest BCUT2D eigenvalue weighted by Crippen LogP contribution is -2.25. The number of aryl methyl sites for hydroxylation is 2. The second-order valence-corrected chi connectivity index (χ2v) is 8.22. The van der Waals surface area contributed by atoms with Crippen LogP contribution in [-0.2, 0) is 16.0 Å². The Labute approximate surface area is 190 Å². The summed E-state index contributed by atoms with van der Waals surface area (Å²) in [7, 11) is 0. The van der Waals surface area contributed by atoms with E-state index in [4.69, 9.17) is 11.6 Å². The molecule has 3 N–H and O–H groups in total. The Hall–Kier alpha value is -3.58. The van der Waals surface area contributed by atoms with Crippen LogP contribution in [0.4, 0.5) is 11.4 Å². The van der Waals surface area contributed by atoms with Gasteiger partial charge in [0.25, 0.3) is 0 Å². The van der Waals surface area contributed by atoms with Crippen molar-refractivity contribution in [3.05, 3.63) is 76.7 Å². The van der Waals surface area contributed by atoms with Crippen LogP contribution in [0, 0.1) is 13.8 Å². The third kappa shape index (κ3) is 4.53. The molecular weight excluding hydrogens is 426 g/mol. The van der Waals surface area contributed by atoms with Crippen LogP contribution in [0.5, 0.6) is 0 Å². The number of carbonyl (C=O) groups is 2. The highest BCUT2D eigenvalue weighted by Crippen LogP contribution is 2.27. The third-order valence-electron chi connectivity index (χ3n) is 5.33. The minimum atomic E-state index is -0.490. The molecule has 0 spiro atoms. The van der Waals surface area contributed by atoms with Gasteiger partial charge >= 0.3 is 0 Å². The van der Waals surface area contributed by atoms with Crippen LogP contribution in [0.25, 0.3) is 10.9 Å². The van der Waals surface area contributed by atoms with Crippen molar-refractivity contribution in [2.45, 2.75) is 33.2 Å². The molecule has 4 rings (SSSR count). The van der Waals surface area contributed by atoms with E-state index < -0.39 is 6.04 Å². The predicted molar refractivity (Wildman–Crippen MR) is 127 cm³/mol. The number of hydrogen-bond donors (Lipinski definition) is 3. The zero-order valence-electron chi connectivity index (χ0n) is 18.1. The zero-order chi connectivity index (χ0) is 22.8. The van der Waals surface area contributed by atoms with Crippen LogP contribution in [0.2, 0.25) is 5.02 Å². The van der Waals surface area contributed by atoms with Gasteiger partial charge in [-0.15, -0.1) is 0 Å². The van der Waals surface area contributed by atoms with Crippen LogP contribution in [0.3, 0.4) is 0 Å². The maximum Gasteiger partial charge on any atom is 0.248 e. The van der Waals surface area contributed by atoms with E-state index in [1.54, 1.807) is 29.8 Å². The minimum absolute atomic E-state index is 0.152. The van der Waals surface area contributed by atoms with Gasteiger partial charge in [-0.1, -0.05) is 29.8 Å². The summed E-state index contributed by atoms with van der Waals surface area (Å²) >= 11 is 6.37. The first-order valence-corrected chi connectivity index (χ1v) is 10.7. The van der Waals surface area contributed by atoms with Gasteiger partial charge in [0.2, 0.25) is 11.8 Å². The number of nitrogens with one attached hydrogen (secondary N) is 3. The third-order valence-corrected chi connectivity index (χ3v) is 5.64. The van der Waals surface area contributed by atoms with Gasteiger partial charge in [-0.05, 0) is 56.7 Å². The first kappa shape index (κ1) is 21.6. The van der Waals surface area contributed by atoms with Crippen molar-refractivity contribution in [3.8, 4) is 0 Å². The molecule has 2 aromatic carbocycles. The minimum Gasteiger partial charge on any atom is -0.361 e. The van der Waals surface area contributed by atoms with Gasteiger partial charge in [0, 0.05) is 28.5 Å². The number of hydrogen-bond acceptors (Lipinski definition) is 3. The molecule has 0 radical (unpaired) electrons. The molecule has 1 atom stereocenters. The molecule has 164 valence electrons. The number of anilines is 2. The summed E-state index contributed by atoms with van der Waals surface area (Å²) in [4.78, 5) is 28.4. The fourth-order valence-electron chi connectivity index (χ4n) is 3.74. The summed E-state index contributed by atoms with van der Waals surface area (Å²) in [6.07, 6.45) is 2.08. The first-order valence-electron chi connectivity index (χ1n) is 10.3. The van der Waals surface area contributed by atoms with Crippen molar-refractivity contribution < 1.29 is 9.59 Å². The average molecular weight is 450 g/mol. The second kappa shape index (κ2) is 8.88. The number of nitrogens with zero attached hydrogens (tertiary/aromatic N) is 2. The topological polar surface area (TPSA) is 91.8 Å². The van der Waals surface area contributed by atoms with Crippen LogP contribution in [0.1, 0.15) is 29.9 Å². The van der Waals surface area contributed by atoms with Gasteiger partial charge in [-0.25, -0.2) is 0 Å². The number of aromatic nitrogens is 3. The maximum atomic E-state index is 12.7. The van der Waals surface area contributed by atoms with Gasteiger partial charge in [-0.2, -0.15) is 5.10 Å². The highest BCUT2D eigenvalue weighted by Gasteiger charge is 2.19. The van der Waals surface area contributed by atoms with Crippen LogP contribution in [0.15, 0.2) is 54.7 Å². The quantitative estimate of drug-likeness (QED) is 0.386. The lowest BCUT2D eigenvalue weighted by Gasteiger charge is -2.16. The summed E-state index contributed by atoms with van der Waals surface area (Å²) in [6, 6.07) is 14.3. The van der Waals surface area contributed by atoms with Crippen molar-refractivity contribution in [2.75, 3.05) is 10.6 Å². The number of aromatic amines is 1. The largest absolute Gasteiger partial charge is 0.361 e.